The van der Waals surface area contributed by atoms with Crippen molar-refractivity contribution in [2.45, 2.75) is 33.2 Å². The van der Waals surface area contributed by atoms with Crippen LogP contribution in [0.15, 0.2) is 24.3 Å². The first-order valence-corrected chi connectivity index (χ1v) is 11.0. The summed E-state index contributed by atoms with van der Waals surface area (Å²) in [4.78, 5) is 21.7. The van der Waals surface area contributed by atoms with Gasteiger partial charge in [-0.05, 0) is 33.3 Å². The molecule has 30 heavy (non-hydrogen) atoms. The zero-order valence-corrected chi connectivity index (χ0v) is 19.0. The Morgan fingerprint density at radius 1 is 1.13 bits per heavy atom. The number of amides is 2. The lowest BCUT2D eigenvalue weighted by Crippen LogP contribution is -2.51. The molecule has 0 spiro atoms. The summed E-state index contributed by atoms with van der Waals surface area (Å²) in [6, 6.07) is 8.27. The molecule has 2 amide bonds. The van der Waals surface area contributed by atoms with Crippen LogP contribution in [0.5, 0.6) is 0 Å². The third-order valence-electron chi connectivity index (χ3n) is 5.14. The average Bonchev–Trinajstić information content (AvgIpc) is 3.26. The van der Waals surface area contributed by atoms with Crippen LogP contribution in [0.2, 0.25) is 0 Å². The minimum absolute atomic E-state index is 0.0249. The van der Waals surface area contributed by atoms with Crippen LogP contribution < -0.4 is 15.5 Å². The molecule has 0 saturated carbocycles. The van der Waals surface area contributed by atoms with Crippen LogP contribution in [0, 0.1) is 6.92 Å². The van der Waals surface area contributed by atoms with Crippen molar-refractivity contribution in [3.05, 3.63) is 29.8 Å². The predicted octanol–water partition coefficient (Wildman–Crippen LogP) is 3.44. The molecule has 0 bridgehead atoms. The van der Waals surface area contributed by atoms with Crippen molar-refractivity contribution in [2.75, 3.05) is 43.4 Å². The second kappa shape index (κ2) is 7.79. The Balaban J connectivity index is 1.68. The predicted molar refractivity (Wildman–Crippen MR) is 123 cm³/mol. The van der Waals surface area contributed by atoms with Gasteiger partial charge in [-0.15, -0.1) is 5.10 Å². The molecule has 3 heterocycles. The Morgan fingerprint density at radius 3 is 2.47 bits per heavy atom. The molecule has 0 atom stereocenters. The second-order valence-corrected chi connectivity index (χ2v) is 9.54. The molecule has 2 aromatic heterocycles. The molecule has 1 fully saturated rings. The maximum atomic E-state index is 11.8. The molecule has 3 aromatic rings. The molecular formula is C21H29N7OS. The van der Waals surface area contributed by atoms with E-state index in [4.69, 9.17) is 10.1 Å². The molecule has 160 valence electrons. The highest BCUT2D eigenvalue weighted by molar-refractivity contribution is 7.20. The number of benzene rings is 1. The van der Waals surface area contributed by atoms with Crippen LogP contribution in [-0.2, 0) is 0 Å². The number of nitrogens with one attached hydrogen (secondary N) is 2. The Hall–Kier alpha value is -2.81. The minimum Gasteiger partial charge on any atom is -0.364 e. The average molecular weight is 428 g/mol. The molecule has 2 N–H and O–H groups in total. The molecule has 4 rings (SSSR count). The number of hydrogen-bond donors (Lipinski definition) is 2. The SMILES string of the molecule is CNC(=O)N1CCN(c2nn3c(NC(C)(C)C)c(-c4ccccc4C)nc3s2)CC1. The number of piperazine rings is 1. The van der Waals surface area contributed by atoms with Crippen LogP contribution >= 0.6 is 11.3 Å². The number of hydrogen-bond acceptors (Lipinski definition) is 6. The van der Waals surface area contributed by atoms with E-state index in [2.05, 4.69) is 55.4 Å². The number of carbonyl (C=O) groups is 1. The highest BCUT2D eigenvalue weighted by atomic mass is 32.1. The first-order valence-electron chi connectivity index (χ1n) is 10.2. The summed E-state index contributed by atoms with van der Waals surface area (Å²) in [7, 11) is 1.67. The van der Waals surface area contributed by atoms with E-state index < -0.39 is 0 Å². The molecule has 1 aromatic carbocycles. The van der Waals surface area contributed by atoms with Gasteiger partial charge in [0, 0.05) is 44.3 Å². The fraction of sp³-hybridized carbons (Fsp3) is 0.476. The smallest absolute Gasteiger partial charge is 0.317 e. The van der Waals surface area contributed by atoms with Gasteiger partial charge in [0.05, 0.1) is 0 Å². The van der Waals surface area contributed by atoms with Crippen molar-refractivity contribution in [2.24, 2.45) is 0 Å². The largest absolute Gasteiger partial charge is 0.364 e. The fourth-order valence-corrected chi connectivity index (χ4v) is 4.57. The van der Waals surface area contributed by atoms with E-state index in [1.165, 1.54) is 5.56 Å². The van der Waals surface area contributed by atoms with Crippen LogP contribution in [0.1, 0.15) is 26.3 Å². The second-order valence-electron chi connectivity index (χ2n) is 8.61. The van der Waals surface area contributed by atoms with Crippen molar-refractivity contribution < 1.29 is 4.79 Å². The summed E-state index contributed by atoms with van der Waals surface area (Å²) in [5.41, 5.74) is 3.10. The number of imidazole rings is 1. The van der Waals surface area contributed by atoms with E-state index in [1.807, 2.05) is 21.5 Å². The maximum Gasteiger partial charge on any atom is 0.317 e. The van der Waals surface area contributed by atoms with Crippen molar-refractivity contribution in [3.8, 4) is 11.3 Å². The highest BCUT2D eigenvalue weighted by Crippen LogP contribution is 2.36. The first kappa shape index (κ1) is 20.5. The van der Waals surface area contributed by atoms with E-state index >= 15 is 0 Å². The number of fused-ring (bicyclic) bond motifs is 1. The van der Waals surface area contributed by atoms with Crippen molar-refractivity contribution in [1.82, 2.24) is 24.8 Å². The first-order chi connectivity index (χ1) is 14.3. The van der Waals surface area contributed by atoms with Gasteiger partial charge < -0.3 is 20.4 Å². The lowest BCUT2D eigenvalue weighted by Gasteiger charge is -2.34. The number of aromatic nitrogens is 3. The Morgan fingerprint density at radius 2 is 1.83 bits per heavy atom. The van der Waals surface area contributed by atoms with Gasteiger partial charge in [-0.3, -0.25) is 0 Å². The van der Waals surface area contributed by atoms with E-state index in [-0.39, 0.29) is 11.6 Å². The van der Waals surface area contributed by atoms with Gasteiger partial charge in [0.2, 0.25) is 10.1 Å². The Bertz CT molecular complexity index is 1060. The summed E-state index contributed by atoms with van der Waals surface area (Å²) in [6.45, 7) is 11.4. The lowest BCUT2D eigenvalue weighted by atomic mass is 10.0. The fourth-order valence-electron chi connectivity index (χ4n) is 3.62. The standard InChI is InChI=1S/C21H29N7OS/c1-14-8-6-7-9-15(14)16-17(24-21(2,3)4)28-19(23-16)30-20(25-28)27-12-10-26(11-13-27)18(29)22-5/h6-9,24H,10-13H2,1-5H3,(H,22,29). The van der Waals surface area contributed by atoms with Gasteiger partial charge >= 0.3 is 6.03 Å². The third kappa shape index (κ3) is 3.94. The van der Waals surface area contributed by atoms with E-state index in [0.29, 0.717) is 13.1 Å². The molecular weight excluding hydrogens is 398 g/mol. The van der Waals surface area contributed by atoms with Gasteiger partial charge in [0.25, 0.3) is 0 Å². The third-order valence-corrected chi connectivity index (χ3v) is 6.11. The molecule has 0 radical (unpaired) electrons. The number of anilines is 2. The minimum atomic E-state index is -0.129. The summed E-state index contributed by atoms with van der Waals surface area (Å²) in [5.74, 6) is 0.915. The monoisotopic (exact) mass is 427 g/mol. The van der Waals surface area contributed by atoms with Gasteiger partial charge in [0.15, 0.2) is 5.82 Å². The molecule has 1 aliphatic heterocycles. The van der Waals surface area contributed by atoms with Crippen LogP contribution in [0.3, 0.4) is 0 Å². The summed E-state index contributed by atoms with van der Waals surface area (Å²) in [6.07, 6.45) is 0. The van der Waals surface area contributed by atoms with Crippen molar-refractivity contribution >= 4 is 33.3 Å². The van der Waals surface area contributed by atoms with Gasteiger partial charge in [-0.25, -0.2) is 9.78 Å². The normalized spacial score (nSPS) is 15.0. The number of nitrogens with zero attached hydrogens (tertiary/aromatic N) is 5. The highest BCUT2D eigenvalue weighted by Gasteiger charge is 2.26. The topological polar surface area (TPSA) is 77.8 Å². The van der Waals surface area contributed by atoms with E-state index in [9.17, 15) is 4.79 Å². The quantitative estimate of drug-likeness (QED) is 0.670. The summed E-state index contributed by atoms with van der Waals surface area (Å²) >= 11 is 1.59. The number of rotatable bonds is 3. The number of urea groups is 1. The van der Waals surface area contributed by atoms with Gasteiger partial charge in [-0.2, -0.15) is 4.52 Å². The van der Waals surface area contributed by atoms with Gasteiger partial charge in [0.1, 0.15) is 5.69 Å². The van der Waals surface area contributed by atoms with Crippen LogP contribution in [-0.4, -0.2) is 64.3 Å². The molecule has 1 aliphatic rings. The molecule has 9 heteroatoms. The van der Waals surface area contributed by atoms with Crippen molar-refractivity contribution in [3.63, 3.8) is 0 Å². The number of aryl methyl sites for hydroxylation is 1. The van der Waals surface area contributed by atoms with E-state index in [1.54, 1.807) is 18.4 Å². The molecule has 0 aliphatic carbocycles. The maximum absolute atomic E-state index is 11.8. The molecule has 0 unspecified atom stereocenters. The summed E-state index contributed by atoms with van der Waals surface area (Å²) in [5, 5.41) is 12.1. The Labute approximate surface area is 180 Å². The zero-order valence-electron chi connectivity index (χ0n) is 18.2. The number of carbonyl (C=O) groups excluding carboxylic acids is 1. The van der Waals surface area contributed by atoms with Crippen molar-refractivity contribution in [1.29, 1.82) is 0 Å². The van der Waals surface area contributed by atoms with Crippen LogP contribution in [0.4, 0.5) is 15.7 Å². The lowest BCUT2D eigenvalue weighted by molar-refractivity contribution is 0.196. The molecule has 8 nitrogen and oxygen atoms in total. The van der Waals surface area contributed by atoms with Gasteiger partial charge in [-0.1, -0.05) is 35.6 Å². The zero-order chi connectivity index (χ0) is 21.5. The molecule has 1 saturated heterocycles. The van der Waals surface area contributed by atoms with E-state index in [0.717, 1.165) is 40.3 Å². The summed E-state index contributed by atoms with van der Waals surface area (Å²) < 4.78 is 1.93. The Kier molecular flexibility index (Phi) is 5.31. The van der Waals surface area contributed by atoms with Crippen LogP contribution in [0.25, 0.3) is 16.2 Å².